The second-order valence-electron chi connectivity index (χ2n) is 7.63. The Morgan fingerprint density at radius 3 is 2.65 bits per heavy atom. The Morgan fingerprint density at radius 1 is 1.16 bits per heavy atom. The van der Waals surface area contributed by atoms with Gasteiger partial charge in [-0.05, 0) is 37.3 Å². The molecule has 9 heteroatoms. The summed E-state index contributed by atoms with van der Waals surface area (Å²) in [4.78, 5) is 36.8. The second kappa shape index (κ2) is 9.36. The third-order valence-electron chi connectivity index (χ3n) is 5.56. The van der Waals surface area contributed by atoms with Crippen molar-refractivity contribution < 1.29 is 4.79 Å². The highest BCUT2D eigenvalue weighted by Crippen LogP contribution is 2.25. The van der Waals surface area contributed by atoms with Crippen molar-refractivity contribution in [3.8, 4) is 0 Å². The lowest BCUT2D eigenvalue weighted by Gasteiger charge is -2.37. The summed E-state index contributed by atoms with van der Waals surface area (Å²) in [5, 5.41) is 4.40. The second-order valence-corrected chi connectivity index (χ2v) is 8.47. The van der Waals surface area contributed by atoms with Gasteiger partial charge in [0.05, 0.1) is 34.2 Å². The molecule has 1 saturated heterocycles. The highest BCUT2D eigenvalue weighted by atomic mass is 35.5. The van der Waals surface area contributed by atoms with Crippen molar-refractivity contribution in [2.75, 3.05) is 31.5 Å². The van der Waals surface area contributed by atoms with Crippen molar-refractivity contribution in [2.24, 2.45) is 0 Å². The summed E-state index contributed by atoms with van der Waals surface area (Å²) in [5.74, 6) is 0.540. The molecule has 1 atom stereocenters. The van der Waals surface area contributed by atoms with E-state index in [1.165, 1.54) is 0 Å². The molecule has 3 aromatic rings. The average molecular weight is 460 g/mol. The zero-order chi connectivity index (χ0) is 22.0. The van der Waals surface area contributed by atoms with Crippen molar-refractivity contribution in [1.29, 1.82) is 0 Å². The standard InChI is InChI=1S/C22H23Cl2N5O2/c1-14(21(30)26-19-7-6-15(23)12-17(19)24)29-10-8-28(9-11-29)13-20-25-18-5-3-2-4-16(18)22(31)27-20/h2-7,12,14H,8-11,13H2,1H3,(H,26,30)(H,25,27,31)/t14-/m0/s1. The van der Waals surface area contributed by atoms with Gasteiger partial charge in [-0.3, -0.25) is 19.4 Å². The molecular weight excluding hydrogens is 437 g/mol. The predicted octanol–water partition coefficient (Wildman–Crippen LogP) is 3.37. The number of nitrogens with one attached hydrogen (secondary N) is 2. The number of rotatable bonds is 5. The Bertz CT molecular complexity index is 1160. The van der Waals surface area contributed by atoms with Gasteiger partial charge in [-0.1, -0.05) is 35.3 Å². The number of piperazine rings is 1. The molecule has 162 valence electrons. The molecule has 31 heavy (non-hydrogen) atoms. The lowest BCUT2D eigenvalue weighted by Crippen LogP contribution is -2.52. The largest absolute Gasteiger partial charge is 0.323 e. The fraction of sp³-hybridized carbons (Fsp3) is 0.318. The highest BCUT2D eigenvalue weighted by molar-refractivity contribution is 6.36. The molecule has 1 fully saturated rings. The number of carbonyl (C=O) groups excluding carboxylic acids is 1. The first-order valence-electron chi connectivity index (χ1n) is 10.1. The molecule has 2 aromatic carbocycles. The SMILES string of the molecule is C[C@@H](C(=O)Nc1ccc(Cl)cc1Cl)N1CCN(Cc2nc3ccccc3c(=O)[nH]2)CC1. The van der Waals surface area contributed by atoms with Crippen molar-refractivity contribution >= 4 is 45.7 Å². The Kier molecular flexibility index (Phi) is 6.57. The smallest absolute Gasteiger partial charge is 0.258 e. The predicted molar refractivity (Wildman–Crippen MR) is 124 cm³/mol. The van der Waals surface area contributed by atoms with Crippen LogP contribution in [0.5, 0.6) is 0 Å². The van der Waals surface area contributed by atoms with E-state index in [-0.39, 0.29) is 17.5 Å². The number of hydrogen-bond acceptors (Lipinski definition) is 5. The molecule has 2 N–H and O–H groups in total. The Hall–Kier alpha value is -2.45. The monoisotopic (exact) mass is 459 g/mol. The van der Waals surface area contributed by atoms with Crippen LogP contribution in [0.3, 0.4) is 0 Å². The van der Waals surface area contributed by atoms with Crippen molar-refractivity contribution in [3.05, 3.63) is 68.7 Å². The Labute approximate surface area is 190 Å². The quantitative estimate of drug-likeness (QED) is 0.610. The summed E-state index contributed by atoms with van der Waals surface area (Å²) in [6.45, 7) is 5.47. The minimum absolute atomic E-state index is 0.113. The van der Waals surface area contributed by atoms with E-state index in [4.69, 9.17) is 23.2 Å². The van der Waals surface area contributed by atoms with E-state index in [9.17, 15) is 9.59 Å². The molecule has 7 nitrogen and oxygen atoms in total. The fourth-order valence-electron chi connectivity index (χ4n) is 3.72. The number of carbonyl (C=O) groups is 1. The van der Waals surface area contributed by atoms with Crippen LogP contribution in [0.25, 0.3) is 10.9 Å². The average Bonchev–Trinajstić information content (AvgIpc) is 2.76. The lowest BCUT2D eigenvalue weighted by atomic mass is 10.2. The summed E-state index contributed by atoms with van der Waals surface area (Å²) in [6, 6.07) is 12.0. The summed E-state index contributed by atoms with van der Waals surface area (Å²) in [5.41, 5.74) is 1.13. The van der Waals surface area contributed by atoms with Crippen LogP contribution in [-0.4, -0.2) is 57.9 Å². The van der Waals surface area contributed by atoms with Crippen LogP contribution in [0, 0.1) is 0 Å². The maximum absolute atomic E-state index is 12.7. The van der Waals surface area contributed by atoms with E-state index in [0.29, 0.717) is 39.0 Å². The minimum atomic E-state index is -0.299. The van der Waals surface area contributed by atoms with Crippen LogP contribution in [0.15, 0.2) is 47.3 Å². The van der Waals surface area contributed by atoms with Gasteiger partial charge in [-0.25, -0.2) is 4.98 Å². The van der Waals surface area contributed by atoms with Crippen LogP contribution in [-0.2, 0) is 11.3 Å². The molecule has 1 aliphatic rings. The molecular formula is C22H23Cl2N5O2. The van der Waals surface area contributed by atoms with Crippen LogP contribution in [0.2, 0.25) is 10.0 Å². The number of fused-ring (bicyclic) bond motifs is 1. The van der Waals surface area contributed by atoms with Gasteiger partial charge in [0.2, 0.25) is 5.91 Å². The van der Waals surface area contributed by atoms with E-state index in [0.717, 1.165) is 26.2 Å². The van der Waals surface area contributed by atoms with Crippen molar-refractivity contribution in [3.63, 3.8) is 0 Å². The number of aromatic nitrogens is 2. The maximum Gasteiger partial charge on any atom is 0.258 e. The third kappa shape index (κ3) is 5.07. The first-order valence-corrected chi connectivity index (χ1v) is 10.9. The van der Waals surface area contributed by atoms with Gasteiger partial charge >= 0.3 is 0 Å². The molecule has 0 bridgehead atoms. The van der Waals surface area contributed by atoms with Crippen molar-refractivity contribution in [1.82, 2.24) is 19.8 Å². The number of nitrogens with zero attached hydrogens (tertiary/aromatic N) is 3. The number of hydrogen-bond donors (Lipinski definition) is 2. The number of para-hydroxylation sites is 1. The van der Waals surface area contributed by atoms with E-state index >= 15 is 0 Å². The van der Waals surface area contributed by atoms with Gasteiger partial charge in [-0.2, -0.15) is 0 Å². The molecule has 0 aliphatic carbocycles. The Morgan fingerprint density at radius 2 is 1.90 bits per heavy atom. The van der Waals surface area contributed by atoms with E-state index < -0.39 is 0 Å². The van der Waals surface area contributed by atoms with Gasteiger partial charge in [0, 0.05) is 31.2 Å². The van der Waals surface area contributed by atoms with Gasteiger partial charge < -0.3 is 10.3 Å². The number of benzene rings is 2. The lowest BCUT2D eigenvalue weighted by molar-refractivity contribution is -0.121. The van der Waals surface area contributed by atoms with E-state index in [1.54, 1.807) is 24.3 Å². The Balaban J connectivity index is 1.34. The molecule has 0 spiro atoms. The maximum atomic E-state index is 12.7. The van der Waals surface area contributed by atoms with Gasteiger partial charge in [0.1, 0.15) is 5.82 Å². The minimum Gasteiger partial charge on any atom is -0.323 e. The summed E-state index contributed by atoms with van der Waals surface area (Å²) >= 11 is 12.1. The summed E-state index contributed by atoms with van der Waals surface area (Å²) in [6.07, 6.45) is 0. The highest BCUT2D eigenvalue weighted by Gasteiger charge is 2.26. The molecule has 2 heterocycles. The van der Waals surface area contributed by atoms with Crippen LogP contribution in [0.4, 0.5) is 5.69 Å². The third-order valence-corrected chi connectivity index (χ3v) is 6.11. The molecule has 4 rings (SSSR count). The van der Waals surface area contributed by atoms with E-state index in [2.05, 4.69) is 25.1 Å². The number of amides is 1. The molecule has 0 radical (unpaired) electrons. The van der Waals surface area contributed by atoms with Crippen LogP contribution < -0.4 is 10.9 Å². The summed E-state index contributed by atoms with van der Waals surface area (Å²) < 4.78 is 0. The molecule has 1 aromatic heterocycles. The zero-order valence-corrected chi connectivity index (χ0v) is 18.6. The molecule has 1 aliphatic heterocycles. The normalized spacial score (nSPS) is 16.4. The van der Waals surface area contributed by atoms with Crippen molar-refractivity contribution in [2.45, 2.75) is 19.5 Å². The van der Waals surface area contributed by atoms with Gasteiger partial charge in [0.15, 0.2) is 0 Å². The molecule has 1 amide bonds. The van der Waals surface area contributed by atoms with Crippen LogP contribution in [0.1, 0.15) is 12.7 Å². The van der Waals surface area contributed by atoms with Gasteiger partial charge in [0.25, 0.3) is 5.56 Å². The number of aromatic amines is 1. The zero-order valence-electron chi connectivity index (χ0n) is 17.1. The first kappa shape index (κ1) is 21.8. The molecule has 0 saturated carbocycles. The number of anilines is 1. The fourth-order valence-corrected chi connectivity index (χ4v) is 4.18. The number of halogens is 2. The topological polar surface area (TPSA) is 81.3 Å². The molecule has 0 unspecified atom stereocenters. The number of H-pyrrole nitrogens is 1. The van der Waals surface area contributed by atoms with Crippen LogP contribution >= 0.6 is 23.2 Å². The summed E-state index contributed by atoms with van der Waals surface area (Å²) in [7, 11) is 0. The van der Waals surface area contributed by atoms with Gasteiger partial charge in [-0.15, -0.1) is 0 Å². The first-order chi connectivity index (χ1) is 14.9. The van der Waals surface area contributed by atoms with E-state index in [1.807, 2.05) is 25.1 Å².